The maximum absolute atomic E-state index is 11.2. The van der Waals surface area contributed by atoms with Crippen molar-refractivity contribution in [3.63, 3.8) is 0 Å². The molecule has 0 spiro atoms. The van der Waals surface area contributed by atoms with Crippen LogP contribution in [0.3, 0.4) is 0 Å². The summed E-state index contributed by atoms with van der Waals surface area (Å²) in [6.45, 7) is 0. The average Bonchev–Trinajstić information content (AvgIpc) is 2.96. The Labute approximate surface area is 150 Å². The van der Waals surface area contributed by atoms with E-state index in [1.54, 1.807) is 18.3 Å². The van der Waals surface area contributed by atoms with Gasteiger partial charge in [0.15, 0.2) is 5.13 Å². The number of hydrogen-bond donors (Lipinski definition) is 2. The number of anilines is 3. The summed E-state index contributed by atoms with van der Waals surface area (Å²) < 4.78 is 24.8. The van der Waals surface area contributed by atoms with Gasteiger partial charge < -0.3 is 5.32 Å². The highest BCUT2D eigenvalue weighted by molar-refractivity contribution is 7.92. The standard InChI is InChI=1S/C15H14N4O2S2.ClH/c1-23(20,21)19-12-7-5-11(6-8-12)13-10-22-15(17-13)18-14-4-2-3-9-16-14;/h2-10,19H,1H3,(H,16,17,18);1H. The van der Waals surface area contributed by atoms with Crippen molar-refractivity contribution in [2.24, 2.45) is 0 Å². The van der Waals surface area contributed by atoms with Gasteiger partial charge in [0.25, 0.3) is 0 Å². The van der Waals surface area contributed by atoms with E-state index in [1.165, 1.54) is 11.3 Å². The molecule has 0 unspecified atom stereocenters. The third kappa shape index (κ3) is 4.92. The molecule has 2 heterocycles. The van der Waals surface area contributed by atoms with Gasteiger partial charge in [-0.05, 0) is 24.3 Å². The third-order valence-corrected chi connectivity index (χ3v) is 4.25. The summed E-state index contributed by atoms with van der Waals surface area (Å²) in [5, 5.41) is 5.82. The summed E-state index contributed by atoms with van der Waals surface area (Å²) in [5.74, 6) is 0.737. The molecule has 0 amide bonds. The van der Waals surface area contributed by atoms with Crippen molar-refractivity contribution in [1.82, 2.24) is 9.97 Å². The lowest BCUT2D eigenvalue weighted by molar-refractivity contribution is 0.607. The Bertz CT molecular complexity index is 897. The van der Waals surface area contributed by atoms with Crippen LogP contribution in [0.5, 0.6) is 0 Å². The number of nitrogens with zero attached hydrogens (tertiary/aromatic N) is 2. The monoisotopic (exact) mass is 382 g/mol. The van der Waals surface area contributed by atoms with E-state index in [2.05, 4.69) is 20.0 Å². The molecule has 0 aliphatic heterocycles. The molecule has 2 aromatic heterocycles. The van der Waals surface area contributed by atoms with Gasteiger partial charge in [-0.25, -0.2) is 18.4 Å². The molecule has 0 bridgehead atoms. The van der Waals surface area contributed by atoms with Gasteiger partial charge in [-0.15, -0.1) is 23.7 Å². The van der Waals surface area contributed by atoms with Crippen LogP contribution in [0, 0.1) is 0 Å². The fourth-order valence-corrected chi connectivity index (χ4v) is 3.22. The molecule has 0 saturated carbocycles. The van der Waals surface area contributed by atoms with Crippen molar-refractivity contribution < 1.29 is 8.42 Å². The van der Waals surface area contributed by atoms with Crippen LogP contribution in [0.25, 0.3) is 11.3 Å². The Morgan fingerprint density at radius 1 is 1.08 bits per heavy atom. The van der Waals surface area contributed by atoms with E-state index in [1.807, 2.05) is 35.7 Å². The molecule has 0 aliphatic carbocycles. The largest absolute Gasteiger partial charge is 0.316 e. The number of pyridine rings is 1. The number of hydrogen-bond acceptors (Lipinski definition) is 6. The summed E-state index contributed by atoms with van der Waals surface area (Å²) in [4.78, 5) is 8.70. The zero-order valence-electron chi connectivity index (χ0n) is 12.6. The third-order valence-electron chi connectivity index (χ3n) is 2.89. The molecule has 2 N–H and O–H groups in total. The van der Waals surface area contributed by atoms with Crippen molar-refractivity contribution >= 4 is 50.4 Å². The predicted molar refractivity (Wildman–Crippen MR) is 101 cm³/mol. The van der Waals surface area contributed by atoms with Gasteiger partial charge in [0.1, 0.15) is 5.82 Å². The zero-order valence-corrected chi connectivity index (χ0v) is 15.1. The van der Waals surface area contributed by atoms with Gasteiger partial charge in [0, 0.05) is 22.8 Å². The molecule has 6 nitrogen and oxygen atoms in total. The molecule has 1 aromatic carbocycles. The molecule has 0 aliphatic rings. The van der Waals surface area contributed by atoms with Gasteiger partial charge in [0.05, 0.1) is 11.9 Å². The zero-order chi connectivity index (χ0) is 16.3. The first-order valence-corrected chi connectivity index (χ1v) is 9.48. The fourth-order valence-electron chi connectivity index (χ4n) is 1.93. The van der Waals surface area contributed by atoms with Crippen LogP contribution < -0.4 is 10.0 Å². The number of sulfonamides is 1. The Morgan fingerprint density at radius 3 is 2.46 bits per heavy atom. The number of benzene rings is 1. The summed E-state index contributed by atoms with van der Waals surface area (Å²) in [7, 11) is -3.27. The summed E-state index contributed by atoms with van der Waals surface area (Å²) in [6.07, 6.45) is 2.83. The predicted octanol–water partition coefficient (Wildman–Crippen LogP) is 3.74. The van der Waals surface area contributed by atoms with Crippen molar-refractivity contribution in [3.05, 3.63) is 54.0 Å². The molecular formula is C15H15ClN4O2S2. The highest BCUT2D eigenvalue weighted by Gasteiger charge is 2.06. The molecular weight excluding hydrogens is 368 g/mol. The molecule has 0 radical (unpaired) electrons. The number of nitrogens with one attached hydrogen (secondary N) is 2. The molecule has 9 heteroatoms. The molecule has 0 saturated heterocycles. The van der Waals surface area contributed by atoms with Crippen LogP contribution >= 0.6 is 23.7 Å². The van der Waals surface area contributed by atoms with Crippen LogP contribution in [-0.4, -0.2) is 24.6 Å². The molecule has 24 heavy (non-hydrogen) atoms. The summed E-state index contributed by atoms with van der Waals surface area (Å²) in [5.41, 5.74) is 2.26. The van der Waals surface area contributed by atoms with Crippen LogP contribution in [-0.2, 0) is 10.0 Å². The normalized spacial score (nSPS) is 10.7. The fraction of sp³-hybridized carbons (Fsp3) is 0.0667. The Morgan fingerprint density at radius 2 is 1.83 bits per heavy atom. The number of thiazole rings is 1. The van der Waals surface area contributed by atoms with Gasteiger partial charge in [-0.1, -0.05) is 18.2 Å². The maximum Gasteiger partial charge on any atom is 0.229 e. The van der Waals surface area contributed by atoms with E-state index >= 15 is 0 Å². The van der Waals surface area contributed by atoms with Gasteiger partial charge in [-0.2, -0.15) is 0 Å². The quantitative estimate of drug-likeness (QED) is 0.702. The van der Waals surface area contributed by atoms with E-state index in [0.29, 0.717) is 5.69 Å². The van der Waals surface area contributed by atoms with Crippen LogP contribution in [0.2, 0.25) is 0 Å². The Balaban J connectivity index is 0.00000208. The van der Waals surface area contributed by atoms with Gasteiger partial charge in [0.2, 0.25) is 10.0 Å². The highest BCUT2D eigenvalue weighted by atomic mass is 35.5. The van der Waals surface area contributed by atoms with E-state index in [9.17, 15) is 8.42 Å². The number of aromatic nitrogens is 2. The smallest absolute Gasteiger partial charge is 0.229 e. The number of halogens is 1. The minimum atomic E-state index is -3.27. The lowest BCUT2D eigenvalue weighted by Crippen LogP contribution is -2.09. The first-order valence-electron chi connectivity index (χ1n) is 6.71. The van der Waals surface area contributed by atoms with E-state index in [-0.39, 0.29) is 12.4 Å². The van der Waals surface area contributed by atoms with Gasteiger partial charge >= 0.3 is 0 Å². The molecule has 126 valence electrons. The van der Waals surface area contributed by atoms with Crippen molar-refractivity contribution in [2.45, 2.75) is 0 Å². The molecule has 0 atom stereocenters. The number of rotatable bonds is 5. The lowest BCUT2D eigenvalue weighted by atomic mass is 10.1. The Kier molecular flexibility index (Phi) is 5.76. The lowest BCUT2D eigenvalue weighted by Gasteiger charge is -2.04. The van der Waals surface area contributed by atoms with Crippen molar-refractivity contribution in [3.8, 4) is 11.3 Å². The topological polar surface area (TPSA) is 84.0 Å². The average molecular weight is 383 g/mol. The molecule has 3 rings (SSSR count). The van der Waals surface area contributed by atoms with Crippen LogP contribution in [0.4, 0.5) is 16.6 Å². The molecule has 0 fully saturated rings. The van der Waals surface area contributed by atoms with Gasteiger partial charge in [-0.3, -0.25) is 4.72 Å². The second-order valence-electron chi connectivity index (χ2n) is 4.83. The minimum Gasteiger partial charge on any atom is -0.316 e. The second kappa shape index (κ2) is 7.61. The first-order chi connectivity index (χ1) is 11.0. The summed E-state index contributed by atoms with van der Waals surface area (Å²) in [6, 6.07) is 12.7. The van der Waals surface area contributed by atoms with Crippen LogP contribution in [0.1, 0.15) is 0 Å². The second-order valence-corrected chi connectivity index (χ2v) is 7.44. The van der Waals surface area contributed by atoms with E-state index in [0.717, 1.165) is 28.5 Å². The summed E-state index contributed by atoms with van der Waals surface area (Å²) >= 11 is 1.48. The highest BCUT2D eigenvalue weighted by Crippen LogP contribution is 2.27. The van der Waals surface area contributed by atoms with Crippen molar-refractivity contribution in [1.29, 1.82) is 0 Å². The Hall–Kier alpha value is -2.16. The van der Waals surface area contributed by atoms with Crippen molar-refractivity contribution in [2.75, 3.05) is 16.3 Å². The maximum atomic E-state index is 11.2. The first kappa shape index (κ1) is 18.2. The minimum absolute atomic E-state index is 0. The molecule has 3 aromatic rings. The van der Waals surface area contributed by atoms with E-state index < -0.39 is 10.0 Å². The SMILES string of the molecule is CS(=O)(=O)Nc1ccc(-c2csc(Nc3ccccn3)n2)cc1.Cl. The van der Waals surface area contributed by atoms with E-state index in [4.69, 9.17) is 0 Å². The van der Waals surface area contributed by atoms with Crippen LogP contribution in [0.15, 0.2) is 54.0 Å².